The Labute approximate surface area is 241 Å². The minimum atomic E-state index is -0.880. The Morgan fingerprint density at radius 1 is 1.10 bits per heavy atom. The maximum Gasteiger partial charge on any atom is 0.334 e. The van der Waals surface area contributed by atoms with E-state index in [1.54, 1.807) is 62.3 Å². The minimum absolute atomic E-state index is 0.0946. The summed E-state index contributed by atoms with van der Waals surface area (Å²) in [4.78, 5) is 43.7. The van der Waals surface area contributed by atoms with Crippen molar-refractivity contribution < 1.29 is 28.6 Å². The summed E-state index contributed by atoms with van der Waals surface area (Å²) in [5.41, 5.74) is 1.49. The highest BCUT2D eigenvalue weighted by atomic mass is 19.1. The molecule has 0 aliphatic carbocycles. The van der Waals surface area contributed by atoms with E-state index >= 15 is 0 Å². The highest BCUT2D eigenvalue weighted by Crippen LogP contribution is 2.23. The molecule has 4 amide bonds. The van der Waals surface area contributed by atoms with Gasteiger partial charge in [0.15, 0.2) is 0 Å². The zero-order valence-electron chi connectivity index (χ0n) is 24.4. The first-order valence-corrected chi connectivity index (χ1v) is 14.1. The Kier molecular flexibility index (Phi) is 11.9. The molecule has 11 heteroatoms. The summed E-state index contributed by atoms with van der Waals surface area (Å²) in [6, 6.07) is 11.0. The number of aromatic hydroxyl groups is 1. The van der Waals surface area contributed by atoms with Crippen LogP contribution in [0.5, 0.6) is 5.75 Å². The van der Waals surface area contributed by atoms with Gasteiger partial charge in [0.1, 0.15) is 23.8 Å². The van der Waals surface area contributed by atoms with Crippen molar-refractivity contribution in [3.05, 3.63) is 65.5 Å². The number of hydrazine groups is 1. The monoisotopic (exact) mass is 571 g/mol. The van der Waals surface area contributed by atoms with Gasteiger partial charge in [0.2, 0.25) is 11.8 Å². The molecule has 0 saturated carbocycles. The van der Waals surface area contributed by atoms with Gasteiger partial charge in [0, 0.05) is 46.8 Å². The van der Waals surface area contributed by atoms with Gasteiger partial charge >= 0.3 is 6.03 Å². The van der Waals surface area contributed by atoms with Crippen LogP contribution in [0.1, 0.15) is 44.2 Å². The van der Waals surface area contributed by atoms with E-state index in [4.69, 9.17) is 4.74 Å². The zero-order chi connectivity index (χ0) is 29.9. The van der Waals surface area contributed by atoms with Crippen molar-refractivity contribution in [2.45, 2.75) is 58.3 Å². The Morgan fingerprint density at radius 3 is 2.39 bits per heavy atom. The average Bonchev–Trinajstić information content (AvgIpc) is 2.94. The van der Waals surface area contributed by atoms with Crippen molar-refractivity contribution in [3.8, 4) is 5.75 Å². The molecule has 10 nitrogen and oxygen atoms in total. The maximum atomic E-state index is 13.8. The Bertz CT molecular complexity index is 1150. The molecule has 0 unspecified atom stereocenters. The van der Waals surface area contributed by atoms with E-state index < -0.39 is 18.2 Å². The molecule has 1 fully saturated rings. The molecule has 3 rings (SSSR count). The third-order valence-electron chi connectivity index (χ3n) is 7.13. The molecule has 0 aromatic heterocycles. The molecule has 2 atom stereocenters. The second-order valence-corrected chi connectivity index (χ2v) is 10.3. The molecule has 224 valence electrons. The first kappa shape index (κ1) is 31.8. The number of halogens is 1. The largest absolute Gasteiger partial charge is 0.508 e. The van der Waals surface area contributed by atoms with Gasteiger partial charge in [-0.1, -0.05) is 37.6 Å². The van der Waals surface area contributed by atoms with Crippen molar-refractivity contribution in [2.24, 2.45) is 0 Å². The smallest absolute Gasteiger partial charge is 0.334 e. The van der Waals surface area contributed by atoms with Crippen molar-refractivity contribution >= 4 is 17.8 Å². The van der Waals surface area contributed by atoms with Crippen LogP contribution in [0.25, 0.3) is 0 Å². The van der Waals surface area contributed by atoms with Crippen molar-refractivity contribution in [3.63, 3.8) is 0 Å². The fraction of sp³-hybridized carbons (Fsp3) is 0.500. The van der Waals surface area contributed by atoms with Gasteiger partial charge < -0.3 is 25.0 Å². The van der Waals surface area contributed by atoms with Gasteiger partial charge in [0.25, 0.3) is 0 Å². The average molecular weight is 572 g/mol. The molecule has 2 aromatic rings. The number of urea groups is 1. The first-order chi connectivity index (χ1) is 19.6. The standard InChI is InChI=1S/C30H42FN5O5/c1-5-6-17-41-18-7-16-33(3)29(39)27(19-23-10-14-26(37)15-11-23)35-22(2)36(34(4)21-28(35)38)30(40)32-20-24-8-12-25(31)13-9-24/h8-15,22,27,37H,5-7,16-21H2,1-4H3,(H,32,40)/t22-,27-/m0/s1. The number of rotatable bonds is 13. The summed E-state index contributed by atoms with van der Waals surface area (Å²) in [5.74, 6) is -0.791. The summed E-state index contributed by atoms with van der Waals surface area (Å²) in [5, 5.41) is 15.5. The van der Waals surface area contributed by atoms with Crippen LogP contribution in [0.3, 0.4) is 0 Å². The van der Waals surface area contributed by atoms with E-state index in [0.717, 1.165) is 24.0 Å². The predicted octanol–water partition coefficient (Wildman–Crippen LogP) is 3.35. The van der Waals surface area contributed by atoms with Gasteiger partial charge in [0.05, 0.1) is 6.54 Å². The van der Waals surface area contributed by atoms with Crippen LogP contribution in [0.4, 0.5) is 9.18 Å². The summed E-state index contributed by atoms with van der Waals surface area (Å²) < 4.78 is 18.9. The fourth-order valence-corrected chi connectivity index (χ4v) is 4.86. The molecule has 41 heavy (non-hydrogen) atoms. The number of amides is 4. The summed E-state index contributed by atoms with van der Waals surface area (Å²) in [7, 11) is 3.35. The Morgan fingerprint density at radius 2 is 1.73 bits per heavy atom. The van der Waals surface area contributed by atoms with Crippen LogP contribution in [-0.2, 0) is 27.3 Å². The number of hydrogen-bond acceptors (Lipinski definition) is 6. The molecule has 1 aliphatic heterocycles. The van der Waals surface area contributed by atoms with E-state index in [-0.39, 0.29) is 42.9 Å². The number of nitrogens with one attached hydrogen (secondary N) is 1. The number of hydrogen-bond donors (Lipinski definition) is 2. The van der Waals surface area contributed by atoms with Crippen molar-refractivity contribution in [2.75, 3.05) is 40.4 Å². The number of nitrogens with zero attached hydrogens (tertiary/aromatic N) is 4. The van der Waals surface area contributed by atoms with Crippen LogP contribution in [0.15, 0.2) is 48.5 Å². The second-order valence-electron chi connectivity index (χ2n) is 10.3. The van der Waals surface area contributed by atoms with E-state index in [1.165, 1.54) is 27.1 Å². The third-order valence-corrected chi connectivity index (χ3v) is 7.13. The van der Waals surface area contributed by atoms with Crippen molar-refractivity contribution in [1.82, 2.24) is 25.1 Å². The van der Waals surface area contributed by atoms with Crippen molar-refractivity contribution in [1.29, 1.82) is 0 Å². The Hall–Kier alpha value is -3.70. The number of carbonyl (C=O) groups excluding carboxylic acids is 3. The van der Waals surface area contributed by atoms with Gasteiger partial charge in [-0.25, -0.2) is 19.2 Å². The lowest BCUT2D eigenvalue weighted by atomic mass is 10.0. The maximum absolute atomic E-state index is 13.8. The molecular weight excluding hydrogens is 529 g/mol. The van der Waals surface area contributed by atoms with E-state index in [9.17, 15) is 23.9 Å². The lowest BCUT2D eigenvalue weighted by molar-refractivity contribution is -0.171. The zero-order valence-corrected chi connectivity index (χ0v) is 24.4. The summed E-state index contributed by atoms with van der Waals surface area (Å²) >= 11 is 0. The van der Waals surface area contributed by atoms with Crippen LogP contribution in [0, 0.1) is 5.82 Å². The van der Waals surface area contributed by atoms with Crippen LogP contribution < -0.4 is 5.32 Å². The molecular formula is C30H42FN5O5. The lowest BCUT2D eigenvalue weighted by Crippen LogP contribution is -2.70. The number of phenolic OH excluding ortho intramolecular Hbond substituents is 1. The molecule has 0 radical (unpaired) electrons. The third kappa shape index (κ3) is 8.89. The van der Waals surface area contributed by atoms with Crippen LogP contribution in [-0.4, -0.2) is 95.4 Å². The van der Waals surface area contributed by atoms with E-state index in [2.05, 4.69) is 12.2 Å². The first-order valence-electron chi connectivity index (χ1n) is 14.1. The van der Waals surface area contributed by atoms with Crippen LogP contribution in [0.2, 0.25) is 0 Å². The Balaban J connectivity index is 1.78. The topological polar surface area (TPSA) is 106 Å². The molecule has 0 bridgehead atoms. The highest BCUT2D eigenvalue weighted by Gasteiger charge is 2.43. The van der Waals surface area contributed by atoms with Gasteiger partial charge in [-0.2, -0.15) is 0 Å². The molecule has 1 saturated heterocycles. The second kappa shape index (κ2) is 15.3. The number of ether oxygens (including phenoxy) is 1. The molecule has 1 heterocycles. The SMILES string of the molecule is CCCCOCCCN(C)C(=O)[C@H](Cc1ccc(O)cc1)N1C(=O)CN(C)N(C(=O)NCc2ccc(F)cc2)[C@H]1C. The molecule has 2 N–H and O–H groups in total. The lowest BCUT2D eigenvalue weighted by Gasteiger charge is -2.49. The summed E-state index contributed by atoms with van der Waals surface area (Å²) in [6.07, 6.45) is 2.13. The van der Waals surface area contributed by atoms with Gasteiger partial charge in [-0.15, -0.1) is 0 Å². The van der Waals surface area contributed by atoms with Gasteiger partial charge in [-0.05, 0) is 55.2 Å². The molecule has 1 aliphatic rings. The quantitative estimate of drug-likeness (QED) is 0.358. The number of carbonyl (C=O) groups is 3. The fourth-order valence-electron chi connectivity index (χ4n) is 4.86. The van der Waals surface area contributed by atoms with E-state index in [1.807, 2.05) is 0 Å². The summed E-state index contributed by atoms with van der Waals surface area (Å²) in [6.45, 7) is 5.56. The van der Waals surface area contributed by atoms with Gasteiger partial charge in [-0.3, -0.25) is 9.59 Å². The highest BCUT2D eigenvalue weighted by molar-refractivity contribution is 5.90. The number of benzene rings is 2. The number of unbranched alkanes of at least 4 members (excludes halogenated alkanes) is 1. The van der Waals surface area contributed by atoms with E-state index in [0.29, 0.717) is 26.2 Å². The molecule has 2 aromatic carbocycles. The van der Waals surface area contributed by atoms with Crippen LogP contribution >= 0.6 is 0 Å². The normalized spacial score (nSPS) is 16.5. The number of likely N-dealkylation sites (N-methyl/N-ethyl adjacent to an activating group) is 2. The predicted molar refractivity (Wildman–Crippen MR) is 153 cm³/mol. The number of phenols is 1. The molecule has 0 spiro atoms. The minimum Gasteiger partial charge on any atom is -0.508 e.